The van der Waals surface area contributed by atoms with Gasteiger partial charge in [0.15, 0.2) is 17.8 Å². The Balaban J connectivity index is 0.946. The normalized spacial score (nSPS) is 21.5. The molecular weight excluding hydrogens is 775 g/mol. The van der Waals surface area contributed by atoms with Gasteiger partial charge in [0.1, 0.15) is 12.6 Å². The first-order chi connectivity index (χ1) is 29.7. The van der Waals surface area contributed by atoms with Crippen LogP contribution in [0, 0.1) is 5.92 Å². The molecule has 1 unspecified atom stereocenters. The van der Waals surface area contributed by atoms with E-state index in [1.54, 1.807) is 14.2 Å². The molecule has 3 heterocycles. The molecule has 12 nitrogen and oxygen atoms in total. The highest BCUT2D eigenvalue weighted by atomic mass is 16.7. The van der Waals surface area contributed by atoms with Gasteiger partial charge in [0.2, 0.25) is 5.91 Å². The number of aliphatic hydroxyl groups is 1. The van der Waals surface area contributed by atoms with E-state index in [1.807, 2.05) is 103 Å². The highest BCUT2D eigenvalue weighted by Gasteiger charge is 2.41. The standard InChI is InChI=1S/C49H51N3O9/c1-31-44(28-51-21-20-39-23-42(57-2)43(58-3)24-40(39)27-51)60-48(61-46(31)36-14-12-32(29-53)13-15-36)37-18-16-35(17-19-37)38-11-7-10-34(22-38)26-52-45(54)25-41(47(52)55)50-49(56)59-30-33-8-5-4-6-9-33/h4-19,22-24,31,41,44,46,48,53H,20-21,25-30H2,1-3H3,(H,50,56)/t31-,41?,44+,46+,48+/m1/s1. The Hall–Kier alpha value is -6.05. The molecule has 0 bridgehead atoms. The molecule has 12 heteroatoms. The third-order valence-electron chi connectivity index (χ3n) is 11.9. The van der Waals surface area contributed by atoms with Gasteiger partial charge in [-0.1, -0.05) is 104 Å². The number of rotatable bonds is 13. The molecule has 0 aromatic heterocycles. The first-order valence-electron chi connectivity index (χ1n) is 20.7. The third kappa shape index (κ3) is 9.48. The predicted octanol–water partition coefficient (Wildman–Crippen LogP) is 7.27. The number of carbonyl (C=O) groups excluding carboxylic acids is 3. The summed E-state index contributed by atoms with van der Waals surface area (Å²) in [5.74, 6) is 0.663. The number of methoxy groups -OCH3 is 2. The molecule has 316 valence electrons. The second kappa shape index (κ2) is 18.7. The van der Waals surface area contributed by atoms with Crippen molar-refractivity contribution in [1.82, 2.24) is 15.1 Å². The molecule has 2 fully saturated rings. The molecule has 0 spiro atoms. The molecule has 2 N–H and O–H groups in total. The van der Waals surface area contributed by atoms with Crippen LogP contribution < -0.4 is 14.8 Å². The van der Waals surface area contributed by atoms with Crippen molar-refractivity contribution in [3.05, 3.63) is 154 Å². The Morgan fingerprint density at radius 1 is 0.787 bits per heavy atom. The number of aliphatic hydroxyl groups excluding tert-OH is 1. The van der Waals surface area contributed by atoms with Gasteiger partial charge in [-0.05, 0) is 69.1 Å². The zero-order chi connectivity index (χ0) is 42.5. The van der Waals surface area contributed by atoms with Crippen molar-refractivity contribution in [2.45, 2.75) is 70.6 Å². The average Bonchev–Trinajstić information content (AvgIpc) is 3.55. The van der Waals surface area contributed by atoms with E-state index >= 15 is 0 Å². The molecule has 3 amide bonds. The highest BCUT2D eigenvalue weighted by molar-refractivity contribution is 6.06. The summed E-state index contributed by atoms with van der Waals surface area (Å²) < 4.78 is 30.0. The Morgan fingerprint density at radius 2 is 1.49 bits per heavy atom. The van der Waals surface area contributed by atoms with Crippen LogP contribution in [0.4, 0.5) is 4.79 Å². The maximum absolute atomic E-state index is 13.3. The number of hydrogen-bond donors (Lipinski definition) is 2. The molecule has 5 aromatic carbocycles. The first-order valence-corrected chi connectivity index (χ1v) is 20.7. The van der Waals surface area contributed by atoms with E-state index in [4.69, 9.17) is 23.7 Å². The Bertz CT molecular complexity index is 2340. The summed E-state index contributed by atoms with van der Waals surface area (Å²) in [5, 5.41) is 12.3. The fourth-order valence-electron chi connectivity index (χ4n) is 8.41. The zero-order valence-corrected chi connectivity index (χ0v) is 34.6. The zero-order valence-electron chi connectivity index (χ0n) is 34.6. The molecule has 3 aliphatic heterocycles. The SMILES string of the molecule is COc1cc2c(cc1OC)CN(C[C@@H]1O[C@H](c3ccc(-c4cccc(CN5C(=O)CC(NC(=O)OCc6ccccc6)C5=O)c4)cc3)O[C@H](c3ccc(CO)cc3)[C@@H]1C)CC2. The van der Waals surface area contributed by atoms with Gasteiger partial charge in [-0.25, -0.2) is 4.79 Å². The number of alkyl carbamates (subject to hydrolysis) is 1. The highest BCUT2D eigenvalue weighted by Crippen LogP contribution is 2.43. The molecule has 8 rings (SSSR count). The molecule has 5 atom stereocenters. The van der Waals surface area contributed by atoms with Crippen LogP contribution >= 0.6 is 0 Å². The van der Waals surface area contributed by atoms with E-state index in [-0.39, 0.29) is 50.2 Å². The van der Waals surface area contributed by atoms with Gasteiger partial charge in [-0.2, -0.15) is 0 Å². The number of carbonyl (C=O) groups is 3. The van der Waals surface area contributed by atoms with Crippen LogP contribution in [0.15, 0.2) is 115 Å². The molecule has 5 aromatic rings. The van der Waals surface area contributed by atoms with Crippen LogP contribution in [-0.4, -0.2) is 72.3 Å². The molecule has 2 saturated heterocycles. The van der Waals surface area contributed by atoms with E-state index in [2.05, 4.69) is 29.3 Å². The van der Waals surface area contributed by atoms with Gasteiger partial charge in [0, 0.05) is 31.1 Å². The first kappa shape index (κ1) is 41.7. The molecule has 61 heavy (non-hydrogen) atoms. The molecule has 0 saturated carbocycles. The van der Waals surface area contributed by atoms with Gasteiger partial charge in [-0.15, -0.1) is 0 Å². The number of hydrogen-bond acceptors (Lipinski definition) is 10. The number of nitrogens with one attached hydrogen (secondary N) is 1. The number of amides is 3. The second-order valence-electron chi connectivity index (χ2n) is 15.9. The number of ether oxygens (including phenoxy) is 5. The van der Waals surface area contributed by atoms with E-state index in [1.165, 1.54) is 16.0 Å². The average molecular weight is 826 g/mol. The van der Waals surface area contributed by atoms with Crippen LogP contribution in [0.1, 0.15) is 64.7 Å². The van der Waals surface area contributed by atoms with Gasteiger partial charge in [-0.3, -0.25) is 19.4 Å². The lowest BCUT2D eigenvalue weighted by Gasteiger charge is -2.43. The van der Waals surface area contributed by atoms with Crippen molar-refractivity contribution < 1.29 is 43.2 Å². The maximum atomic E-state index is 13.3. The van der Waals surface area contributed by atoms with Gasteiger partial charge in [0.05, 0.1) is 46.0 Å². The Kier molecular flexibility index (Phi) is 12.8. The van der Waals surface area contributed by atoms with E-state index in [0.717, 1.165) is 70.0 Å². The number of imide groups is 1. The van der Waals surface area contributed by atoms with Crippen molar-refractivity contribution >= 4 is 17.9 Å². The quantitative estimate of drug-likeness (QED) is 0.117. The van der Waals surface area contributed by atoms with Crippen molar-refractivity contribution in [2.24, 2.45) is 5.92 Å². The van der Waals surface area contributed by atoms with Crippen molar-refractivity contribution in [1.29, 1.82) is 0 Å². The minimum Gasteiger partial charge on any atom is -0.493 e. The fraction of sp³-hybridized carbons (Fsp3) is 0.327. The molecule has 3 aliphatic rings. The number of nitrogens with zero attached hydrogens (tertiary/aromatic N) is 2. The van der Waals surface area contributed by atoms with Crippen LogP contribution in [0.2, 0.25) is 0 Å². The number of likely N-dealkylation sites (tertiary alicyclic amines) is 1. The van der Waals surface area contributed by atoms with Crippen LogP contribution in [-0.2, 0) is 56.5 Å². The summed E-state index contributed by atoms with van der Waals surface area (Å²) in [5.41, 5.74) is 8.68. The molecule has 0 radical (unpaired) electrons. The van der Waals surface area contributed by atoms with E-state index < -0.39 is 24.3 Å². The van der Waals surface area contributed by atoms with Crippen molar-refractivity contribution in [2.75, 3.05) is 27.3 Å². The Labute approximate surface area is 355 Å². The summed E-state index contributed by atoms with van der Waals surface area (Å²) in [7, 11) is 3.32. The lowest BCUT2D eigenvalue weighted by Crippen LogP contribution is -2.45. The van der Waals surface area contributed by atoms with Crippen LogP contribution in [0.25, 0.3) is 11.1 Å². The summed E-state index contributed by atoms with van der Waals surface area (Å²) in [6, 6.07) is 36.1. The lowest BCUT2D eigenvalue weighted by atomic mass is 9.89. The second-order valence-corrected chi connectivity index (χ2v) is 15.9. The minimum absolute atomic E-state index is 0.0268. The monoisotopic (exact) mass is 825 g/mol. The molecular formula is C49H51N3O9. The third-order valence-corrected chi connectivity index (χ3v) is 11.9. The van der Waals surface area contributed by atoms with Crippen LogP contribution in [0.3, 0.4) is 0 Å². The summed E-state index contributed by atoms with van der Waals surface area (Å²) in [6.07, 6.45) is -1.02. The van der Waals surface area contributed by atoms with Crippen molar-refractivity contribution in [3.63, 3.8) is 0 Å². The summed E-state index contributed by atoms with van der Waals surface area (Å²) in [6.45, 7) is 4.64. The number of benzene rings is 5. The summed E-state index contributed by atoms with van der Waals surface area (Å²) >= 11 is 0. The smallest absolute Gasteiger partial charge is 0.408 e. The largest absolute Gasteiger partial charge is 0.493 e. The predicted molar refractivity (Wildman–Crippen MR) is 227 cm³/mol. The van der Waals surface area contributed by atoms with E-state index in [0.29, 0.717) is 6.54 Å². The van der Waals surface area contributed by atoms with Crippen molar-refractivity contribution in [3.8, 4) is 22.6 Å². The topological polar surface area (TPSA) is 136 Å². The van der Waals surface area contributed by atoms with E-state index in [9.17, 15) is 19.5 Å². The van der Waals surface area contributed by atoms with Gasteiger partial charge in [0.25, 0.3) is 5.91 Å². The maximum Gasteiger partial charge on any atom is 0.408 e. The number of fused-ring (bicyclic) bond motifs is 1. The Morgan fingerprint density at radius 3 is 2.21 bits per heavy atom. The fourth-order valence-corrected chi connectivity index (χ4v) is 8.41. The van der Waals surface area contributed by atoms with Gasteiger partial charge < -0.3 is 34.1 Å². The summed E-state index contributed by atoms with van der Waals surface area (Å²) in [4.78, 5) is 42.3. The molecule has 0 aliphatic carbocycles. The van der Waals surface area contributed by atoms with Crippen LogP contribution in [0.5, 0.6) is 11.5 Å². The van der Waals surface area contributed by atoms with Gasteiger partial charge >= 0.3 is 6.09 Å². The lowest BCUT2D eigenvalue weighted by molar-refractivity contribution is -0.276. The minimum atomic E-state index is -0.983.